The Labute approximate surface area is 574 Å². The fourth-order valence-electron chi connectivity index (χ4n) is 17.1. The van der Waals surface area contributed by atoms with E-state index < -0.39 is 230 Å². The second-order valence-corrected chi connectivity index (χ2v) is 30.4. The Morgan fingerprint density at radius 2 is 1.02 bits per heavy atom. The van der Waals surface area contributed by atoms with Crippen LogP contribution in [0.1, 0.15) is 127 Å². The van der Waals surface area contributed by atoms with Gasteiger partial charge in [0.05, 0.1) is 54.9 Å². The average molecular weight is 1400 g/mol. The zero-order valence-corrected chi connectivity index (χ0v) is 58.4. The van der Waals surface area contributed by atoms with Crippen LogP contribution in [0.15, 0.2) is 11.6 Å². The fraction of sp³-hybridized carbons (Fsp3) is 0.952. The molecule has 0 aromatic carbocycles. The Morgan fingerprint density at radius 3 is 1.55 bits per heavy atom. The van der Waals surface area contributed by atoms with Crippen LogP contribution < -0.4 is 29.6 Å². The maximum absolute atomic E-state index is 13.3. The van der Waals surface area contributed by atoms with E-state index in [0.717, 1.165) is 5.57 Å². The zero-order chi connectivity index (χ0) is 68.9. The van der Waals surface area contributed by atoms with Crippen LogP contribution in [-0.4, -0.2) is 293 Å². The summed E-state index contributed by atoms with van der Waals surface area (Å²) in [5.74, 6) is -0.919. The third-order valence-corrected chi connectivity index (χ3v) is 22.8. The van der Waals surface area contributed by atoms with E-state index in [1.165, 1.54) is 34.6 Å². The topological polar surface area (TPSA) is 477 Å². The molecule has 95 heavy (non-hydrogen) atoms. The van der Waals surface area contributed by atoms with E-state index in [-0.39, 0.29) is 78.3 Å². The molecule has 0 spiro atoms. The predicted octanol–water partition coefficient (Wildman–Crippen LogP) is -6.14. The van der Waals surface area contributed by atoms with Crippen molar-refractivity contribution in [2.45, 2.75) is 323 Å². The first kappa shape index (κ1) is 78.4. The van der Waals surface area contributed by atoms with Crippen molar-refractivity contribution in [1.29, 1.82) is 0 Å². The first-order valence-electron chi connectivity index (χ1n) is 33.1. The van der Waals surface area contributed by atoms with Crippen molar-refractivity contribution in [3.8, 4) is 0 Å². The molecule has 33 heteroatoms. The normalized spacial score (nSPS) is 51.9. The van der Waals surface area contributed by atoms with Gasteiger partial charge >= 0.3 is 29.6 Å². The minimum Gasteiger partial charge on any atom is -0.726 e. The number of fused-ring (bicyclic) bond motifs is 5. The third-order valence-electron chi connectivity index (χ3n) is 22.3. The zero-order valence-electron chi connectivity index (χ0n) is 55.5. The van der Waals surface area contributed by atoms with E-state index in [0.29, 0.717) is 38.5 Å². The standard InChI is InChI=1S/C62H102O31S.Na/c1-22(2)17-28(63)20-62(10,77)36-12-11-31-30-19-34(33-18-29(93-94(78,79)80)13-15-60(33,8)32(30)14-16-61(31,36)9)87-56-48(75)51(41(68)26(6)84-56)90-58-52(91-55-47(74)44(71)38(65)24(4)83-55)42(69)35(21-81-58)88-59-53(45(72)39(66)25(5)86-59)92-57-49(76)50(40(67)27(7)85-57)89-54-46(73)43(70)37(64)23(3)82-54;/h14,22-27,29-31,33-59,64-77H,11-13,15-21H2,1-10H3,(H,78,79,80);/q;+1/p-1/t23?,24?,25?,26?,27?,29-,30?,31?,33+,34-,35?,36-,37?,38?,39?,40?,41?,42?,43?,44?,45?,46?,47?,48?,49?,50?,51?,52?,53?,54?,55?,56?,57?,58?,59?,60+,61-,62?;/m0./s1. The predicted molar refractivity (Wildman–Crippen MR) is 314 cm³/mol. The number of carbonyl (C=O) groups is 1. The largest absolute Gasteiger partial charge is 1.00 e. The maximum Gasteiger partial charge on any atom is 1.00 e. The second-order valence-electron chi connectivity index (χ2n) is 29.4. The summed E-state index contributed by atoms with van der Waals surface area (Å²) in [6, 6.07) is 0. The van der Waals surface area contributed by atoms with Crippen LogP contribution in [0.4, 0.5) is 0 Å². The molecule has 38 atom stereocenters. The third kappa shape index (κ3) is 15.9. The molecule has 0 bridgehead atoms. The quantitative estimate of drug-likeness (QED) is 0.0248. The summed E-state index contributed by atoms with van der Waals surface area (Å²) in [7, 11) is -5.15. The van der Waals surface area contributed by atoms with E-state index >= 15 is 0 Å². The van der Waals surface area contributed by atoms with Crippen molar-refractivity contribution in [2.24, 2.45) is 40.4 Å². The summed E-state index contributed by atoms with van der Waals surface area (Å²) in [4.78, 5) is 13.3. The number of hydrogen-bond donors (Lipinski definition) is 14. The van der Waals surface area contributed by atoms with Crippen LogP contribution in [0.2, 0.25) is 0 Å². The number of aliphatic hydroxyl groups excluding tert-OH is 13. The molecule has 0 aromatic rings. The van der Waals surface area contributed by atoms with Gasteiger partial charge in [-0.3, -0.25) is 8.98 Å². The summed E-state index contributed by atoms with van der Waals surface area (Å²) >= 11 is 0. The van der Waals surface area contributed by atoms with E-state index in [1.54, 1.807) is 6.92 Å². The van der Waals surface area contributed by atoms with Gasteiger partial charge < -0.3 is 133 Å². The smallest absolute Gasteiger partial charge is 0.726 e. The van der Waals surface area contributed by atoms with E-state index in [9.17, 15) is 89.3 Å². The molecule has 3 saturated carbocycles. The number of rotatable bonds is 19. The van der Waals surface area contributed by atoms with Gasteiger partial charge in [-0.25, -0.2) is 8.42 Å². The molecule has 0 amide bonds. The molecule has 10 aliphatic rings. The Bertz CT molecular complexity index is 2720. The van der Waals surface area contributed by atoms with Gasteiger partial charge in [0, 0.05) is 12.8 Å². The first-order chi connectivity index (χ1) is 43.8. The first-order valence-corrected chi connectivity index (χ1v) is 34.4. The van der Waals surface area contributed by atoms with Gasteiger partial charge in [0.15, 0.2) is 37.7 Å². The van der Waals surface area contributed by atoms with Crippen molar-refractivity contribution in [3.05, 3.63) is 11.6 Å². The number of ether oxygens (including phenoxy) is 12. The molecule has 6 heterocycles. The molecule has 9 fully saturated rings. The Hall–Kier alpha value is -0.760. The summed E-state index contributed by atoms with van der Waals surface area (Å²) in [5, 5.41) is 159. The number of ketones is 1. The van der Waals surface area contributed by atoms with E-state index in [4.69, 9.17) is 61.0 Å². The molecule has 6 saturated heterocycles. The summed E-state index contributed by atoms with van der Waals surface area (Å²) < 4.78 is 115. The molecule has 14 N–H and O–H groups in total. The number of Topliss-reactive ketones (excluding diaryl/α,β-unsaturated/α-hetero) is 1. The Balaban J connectivity index is 0.0000106. The average Bonchev–Trinajstić information content (AvgIpc) is 1.68. The van der Waals surface area contributed by atoms with Crippen molar-refractivity contribution in [3.63, 3.8) is 0 Å². The minimum atomic E-state index is -5.15. The number of aliphatic hydroxyl groups is 14. The molecule has 10 rings (SSSR count). The molecule has 542 valence electrons. The van der Waals surface area contributed by atoms with Crippen LogP contribution in [0.25, 0.3) is 0 Å². The minimum absolute atomic E-state index is 0. The van der Waals surface area contributed by atoms with Gasteiger partial charge in [0.1, 0.15) is 116 Å². The number of hydrogen-bond acceptors (Lipinski definition) is 31. The molecule has 31 nitrogen and oxygen atoms in total. The van der Waals surface area contributed by atoms with Gasteiger partial charge in [-0.15, -0.1) is 0 Å². The SMILES string of the molecule is CC(C)CC(=O)CC(C)(O)[C@H]1CCC2C3C[C@H](OC4OC(C)C(O)C(OC5OCC(OC6OC(C)C(O)C(O)C6OC6OC(C)C(O)C(OC7OC(C)C(O)C(O)C7O)C6O)C(O)C5OC5OC(C)C(O)C(O)C5O)C4O)[C@H]4C[C@@H](OS(=O)(=O)[O-])CC[C@]4(C)C3=CC[C@@]21C.[Na+]. The van der Waals surface area contributed by atoms with Gasteiger partial charge in [0.2, 0.25) is 10.4 Å². The maximum atomic E-state index is 13.3. The fourth-order valence-corrected chi connectivity index (χ4v) is 17.6. The van der Waals surface area contributed by atoms with Gasteiger partial charge in [-0.1, -0.05) is 39.3 Å². The van der Waals surface area contributed by atoms with Crippen LogP contribution in [-0.2, 0) is 76.2 Å². The molecular weight excluding hydrogens is 1300 g/mol. The van der Waals surface area contributed by atoms with Crippen molar-refractivity contribution in [1.82, 2.24) is 0 Å². The van der Waals surface area contributed by atoms with Crippen LogP contribution in [0.3, 0.4) is 0 Å². The monoisotopic (exact) mass is 1400 g/mol. The molecule has 6 aliphatic heterocycles. The second kappa shape index (κ2) is 30.5. The van der Waals surface area contributed by atoms with Gasteiger partial charge in [-0.2, -0.15) is 0 Å². The van der Waals surface area contributed by atoms with Gasteiger partial charge in [-0.05, 0) is 127 Å². The molecule has 4 aliphatic carbocycles. The number of allylic oxidation sites excluding steroid dienone is 2. The molecule has 0 radical (unpaired) electrons. The molecular formula is C62H101NaO31S. The van der Waals surface area contributed by atoms with Crippen molar-refractivity contribution >= 4 is 16.2 Å². The molecule has 32 unspecified atom stereocenters. The summed E-state index contributed by atoms with van der Waals surface area (Å²) in [6.45, 7) is 16.2. The summed E-state index contributed by atoms with van der Waals surface area (Å²) in [5.41, 5.74) is -1.35. The molecule has 0 aromatic heterocycles. The van der Waals surface area contributed by atoms with Crippen LogP contribution >= 0.6 is 0 Å². The Kier molecular flexibility index (Phi) is 25.2. The summed E-state index contributed by atoms with van der Waals surface area (Å²) in [6.07, 6.45) is -45.2. The van der Waals surface area contributed by atoms with Gasteiger partial charge in [0.25, 0.3) is 0 Å². The van der Waals surface area contributed by atoms with Crippen molar-refractivity contribution < 1.29 is 180 Å². The Morgan fingerprint density at radius 1 is 0.568 bits per heavy atom. The van der Waals surface area contributed by atoms with Crippen LogP contribution in [0, 0.1) is 40.4 Å². The van der Waals surface area contributed by atoms with E-state index in [1.807, 2.05) is 13.8 Å². The van der Waals surface area contributed by atoms with E-state index in [2.05, 4.69) is 19.9 Å². The number of carbonyl (C=O) groups excluding carboxylic acids is 1. The van der Waals surface area contributed by atoms with Crippen LogP contribution in [0.5, 0.6) is 0 Å². The van der Waals surface area contributed by atoms with Crippen molar-refractivity contribution in [2.75, 3.05) is 6.61 Å².